The summed E-state index contributed by atoms with van der Waals surface area (Å²) in [5.74, 6) is -10.3. The standard InChI is InChI=1S/C35H49N21O9/c1-64-17-10-9-16(18(13-17)65-2)14-56(35-45-11-6-12-46-35)30(63)29(62)47-19(15-7-4-3-5-8-15)25(58)49-22(53-32(39)40)27(60)51-24(55-34(43)44)28(61)50-23(54-33(41)42)26(59)48-21(20(36)57)52-31(37)38/h3-13,19,21-24,30,63H,14H2,1-2H3,(H2,36,57)(H,47,62)(H,48,59)(H,49,58)(H,50,61)(H,51,60)(H4,37,38,52)(H4,39,40,53)(H4,41,42,54)(H4,43,44,55). The molecule has 65 heavy (non-hydrogen) atoms. The van der Waals surface area contributed by atoms with Crippen LogP contribution in [0.2, 0.25) is 0 Å². The molecule has 1 heterocycles. The predicted molar refractivity (Wildman–Crippen MR) is 228 cm³/mol. The molecule has 0 aliphatic carbocycles. The number of hydrogen-bond donors (Lipinski definition) is 19. The molecule has 0 saturated carbocycles. The Morgan fingerprint density at radius 2 is 1.06 bits per heavy atom. The normalized spacial score (nSPS) is 13.2. The highest BCUT2D eigenvalue weighted by Crippen LogP contribution is 2.27. The molecule has 6 amide bonds. The molecule has 30 nitrogen and oxygen atoms in total. The van der Waals surface area contributed by atoms with Crippen molar-refractivity contribution >= 4 is 65.2 Å². The first-order valence-electron chi connectivity index (χ1n) is 18.5. The van der Waals surface area contributed by atoms with Crippen LogP contribution in [0.1, 0.15) is 17.2 Å². The van der Waals surface area contributed by atoms with Crippen LogP contribution in [0.15, 0.2) is 67.0 Å². The number of benzene rings is 2. The van der Waals surface area contributed by atoms with Gasteiger partial charge >= 0.3 is 0 Å². The average Bonchev–Trinajstić information content (AvgIpc) is 3.25. The summed E-state index contributed by atoms with van der Waals surface area (Å²) in [4.78, 5) is 89.6. The first-order valence-corrected chi connectivity index (χ1v) is 18.5. The van der Waals surface area contributed by atoms with E-state index < -0.39 is 96.2 Å². The van der Waals surface area contributed by atoms with Crippen molar-refractivity contribution in [3.63, 3.8) is 0 Å². The van der Waals surface area contributed by atoms with Gasteiger partial charge in [0.1, 0.15) is 17.5 Å². The second-order valence-corrected chi connectivity index (χ2v) is 13.0. The molecule has 0 spiro atoms. The summed E-state index contributed by atoms with van der Waals surface area (Å²) in [5.41, 5.74) is 27.3. The fourth-order valence-electron chi connectivity index (χ4n) is 5.38. The van der Waals surface area contributed by atoms with E-state index in [0.29, 0.717) is 17.1 Å². The van der Waals surface area contributed by atoms with Crippen molar-refractivity contribution in [1.29, 1.82) is 21.6 Å². The molecule has 30 heteroatoms. The molecule has 348 valence electrons. The molecule has 6 unspecified atom stereocenters. The van der Waals surface area contributed by atoms with Crippen molar-refractivity contribution < 1.29 is 43.3 Å². The third-order valence-corrected chi connectivity index (χ3v) is 8.27. The Bertz CT molecular complexity index is 2240. The smallest absolute Gasteiger partial charge is 0.271 e. The summed E-state index contributed by atoms with van der Waals surface area (Å²) >= 11 is 0. The number of carbonyl (C=O) groups excluding carboxylic acids is 6. The lowest BCUT2D eigenvalue weighted by Gasteiger charge is -2.30. The number of nitrogens with two attached hydrogens (primary N) is 5. The minimum Gasteiger partial charge on any atom is -0.497 e. The van der Waals surface area contributed by atoms with Gasteiger partial charge in [-0.1, -0.05) is 30.3 Å². The number of nitrogens with zero attached hydrogens (tertiary/aromatic N) is 3. The average molecular weight is 908 g/mol. The van der Waals surface area contributed by atoms with E-state index in [4.69, 9.17) is 59.8 Å². The molecule has 2 aromatic carbocycles. The van der Waals surface area contributed by atoms with E-state index in [-0.39, 0.29) is 18.1 Å². The molecule has 0 aliphatic heterocycles. The fourth-order valence-corrected chi connectivity index (χ4v) is 5.38. The molecule has 0 radical (unpaired) electrons. The molecule has 0 aliphatic rings. The lowest BCUT2D eigenvalue weighted by Crippen LogP contribution is -2.68. The summed E-state index contributed by atoms with van der Waals surface area (Å²) in [6.45, 7) is -0.205. The van der Waals surface area contributed by atoms with Crippen LogP contribution in [0.5, 0.6) is 11.5 Å². The van der Waals surface area contributed by atoms with Crippen molar-refractivity contribution in [1.82, 2.24) is 57.8 Å². The minimum atomic E-state index is -2.09. The Hall–Kier alpha value is -9.22. The number of carbonyl (C=O) groups is 6. The quantitative estimate of drug-likeness (QED) is 0.0253. The number of aromatic nitrogens is 2. The number of rotatable bonds is 22. The van der Waals surface area contributed by atoms with Crippen LogP contribution in [0, 0.1) is 21.6 Å². The van der Waals surface area contributed by atoms with Crippen LogP contribution in [0.3, 0.4) is 0 Å². The molecule has 1 aromatic heterocycles. The predicted octanol–water partition coefficient (Wildman–Crippen LogP) is -7.14. The Kier molecular flexibility index (Phi) is 18.3. The van der Waals surface area contributed by atoms with Crippen LogP contribution in [-0.2, 0) is 35.3 Å². The summed E-state index contributed by atoms with van der Waals surface area (Å²) in [6.07, 6.45) is -7.28. The van der Waals surface area contributed by atoms with Gasteiger partial charge in [0.15, 0.2) is 48.5 Å². The molecular formula is C35H49N21O9. The van der Waals surface area contributed by atoms with Gasteiger partial charge in [-0.2, -0.15) is 0 Å². The third-order valence-electron chi connectivity index (χ3n) is 8.27. The topological polar surface area (TPSA) is 504 Å². The minimum absolute atomic E-state index is 0.0993. The van der Waals surface area contributed by atoms with Gasteiger partial charge in [0.25, 0.3) is 29.5 Å². The number of guanidine groups is 4. The fraction of sp³-hybridized carbons (Fsp3) is 0.257. The first-order chi connectivity index (χ1) is 30.7. The molecule has 0 fully saturated rings. The Labute approximate surface area is 368 Å². The van der Waals surface area contributed by atoms with Gasteiger partial charge < -0.3 is 96.0 Å². The van der Waals surface area contributed by atoms with Gasteiger partial charge in [0, 0.05) is 24.0 Å². The number of ether oxygens (including phenoxy) is 2. The maximum absolute atomic E-state index is 14.1. The van der Waals surface area contributed by atoms with Crippen LogP contribution in [0.25, 0.3) is 0 Å². The van der Waals surface area contributed by atoms with Crippen LogP contribution < -0.4 is 90.9 Å². The third kappa shape index (κ3) is 15.3. The van der Waals surface area contributed by atoms with Gasteiger partial charge in [0.05, 0.1) is 20.8 Å². The van der Waals surface area contributed by atoms with Gasteiger partial charge in [-0.05, 0) is 23.8 Å². The highest BCUT2D eigenvalue weighted by molar-refractivity contribution is 5.99. The number of primary amides is 1. The van der Waals surface area contributed by atoms with Crippen LogP contribution in [0.4, 0.5) is 5.95 Å². The van der Waals surface area contributed by atoms with E-state index in [1.165, 1.54) is 56.9 Å². The van der Waals surface area contributed by atoms with Gasteiger partial charge in [-0.3, -0.25) is 50.4 Å². The monoisotopic (exact) mass is 907 g/mol. The zero-order valence-corrected chi connectivity index (χ0v) is 34.5. The van der Waals surface area contributed by atoms with Crippen molar-refractivity contribution in [2.24, 2.45) is 28.7 Å². The highest BCUT2D eigenvalue weighted by Gasteiger charge is 2.35. The Balaban J connectivity index is 1.92. The number of anilines is 1. The van der Waals surface area contributed by atoms with E-state index in [1.54, 1.807) is 24.3 Å². The van der Waals surface area contributed by atoms with Crippen LogP contribution in [-0.4, -0.2) is 119 Å². The zero-order chi connectivity index (χ0) is 48.4. The number of amides is 6. The zero-order valence-electron chi connectivity index (χ0n) is 34.5. The van der Waals surface area contributed by atoms with E-state index in [9.17, 15) is 33.9 Å². The SMILES string of the molecule is COc1ccc(CN(c2ncccn2)C(O)C(=O)NC(C(=O)NC(NC(=N)N)C(=O)NC(NC(=N)N)C(=O)NC(NC(=N)N)C(=O)NC(NC(=N)N)C(N)=O)c2ccccc2)c(OC)c1. The van der Waals surface area contributed by atoms with Crippen molar-refractivity contribution in [3.8, 4) is 11.5 Å². The second-order valence-electron chi connectivity index (χ2n) is 13.0. The van der Waals surface area contributed by atoms with E-state index >= 15 is 0 Å². The van der Waals surface area contributed by atoms with E-state index in [0.717, 1.165) is 4.90 Å². The largest absolute Gasteiger partial charge is 0.497 e. The van der Waals surface area contributed by atoms with Crippen LogP contribution >= 0.6 is 0 Å². The second kappa shape index (κ2) is 23.7. The first kappa shape index (κ1) is 50.1. The maximum Gasteiger partial charge on any atom is 0.271 e. The van der Waals surface area contributed by atoms with Gasteiger partial charge in [0.2, 0.25) is 18.1 Å². The molecule has 24 N–H and O–H groups in total. The number of nitrogens with one attached hydrogen (secondary N) is 13. The Morgan fingerprint density at radius 3 is 1.51 bits per heavy atom. The van der Waals surface area contributed by atoms with Crippen molar-refractivity contribution in [2.75, 3.05) is 19.1 Å². The lowest BCUT2D eigenvalue weighted by molar-refractivity contribution is -0.136. The molecule has 0 bridgehead atoms. The molecule has 6 atom stereocenters. The number of hydrogen-bond acceptors (Lipinski definition) is 16. The molecule has 3 aromatic rings. The van der Waals surface area contributed by atoms with Crippen molar-refractivity contribution in [3.05, 3.63) is 78.1 Å². The summed E-state index contributed by atoms with van der Waals surface area (Å²) in [5, 5.41) is 61.1. The number of aliphatic hydroxyl groups is 1. The molecule has 0 saturated heterocycles. The maximum atomic E-state index is 14.1. The summed E-state index contributed by atoms with van der Waals surface area (Å²) in [6, 6.07) is 12.2. The van der Waals surface area contributed by atoms with E-state index in [1.807, 2.05) is 16.0 Å². The van der Waals surface area contributed by atoms with Gasteiger partial charge in [-0.15, -0.1) is 0 Å². The highest BCUT2D eigenvalue weighted by atomic mass is 16.5. The van der Waals surface area contributed by atoms with Gasteiger partial charge in [-0.25, -0.2) is 9.97 Å². The number of methoxy groups -OCH3 is 2. The summed E-state index contributed by atoms with van der Waals surface area (Å²) in [7, 11) is 2.86. The molecular weight excluding hydrogens is 859 g/mol. The van der Waals surface area contributed by atoms with Crippen molar-refractivity contribution in [2.45, 2.75) is 43.5 Å². The summed E-state index contributed by atoms with van der Waals surface area (Å²) < 4.78 is 10.7. The Morgan fingerprint density at radius 1 is 0.600 bits per heavy atom. The molecule has 3 rings (SSSR count). The number of aliphatic hydroxyl groups excluding tert-OH is 1. The van der Waals surface area contributed by atoms with E-state index in [2.05, 4.69) is 41.9 Å². The lowest BCUT2D eigenvalue weighted by atomic mass is 10.1.